The summed E-state index contributed by atoms with van der Waals surface area (Å²) in [6.45, 7) is 0. The van der Waals surface area contributed by atoms with E-state index in [2.05, 4.69) is 4.98 Å². The van der Waals surface area contributed by atoms with E-state index < -0.39 is 5.82 Å². The van der Waals surface area contributed by atoms with Crippen LogP contribution < -0.4 is 10.5 Å². The fraction of sp³-hybridized carbons (Fsp3) is 0. The van der Waals surface area contributed by atoms with Crippen molar-refractivity contribution in [1.82, 2.24) is 4.98 Å². The first-order chi connectivity index (χ1) is 9.24. The zero-order valence-corrected chi connectivity index (χ0v) is 10.0. The SMILES string of the molecule is Nc1ccc(Oc2ccnc3ccccc23)c(F)c1. The molecule has 0 spiro atoms. The molecule has 19 heavy (non-hydrogen) atoms. The Hall–Kier alpha value is -2.62. The molecule has 3 aromatic rings. The van der Waals surface area contributed by atoms with E-state index in [9.17, 15) is 4.39 Å². The van der Waals surface area contributed by atoms with Crippen LogP contribution in [0.2, 0.25) is 0 Å². The third-order valence-corrected chi connectivity index (χ3v) is 2.78. The molecule has 2 aromatic carbocycles. The molecule has 1 aromatic heterocycles. The highest BCUT2D eigenvalue weighted by Gasteiger charge is 2.08. The van der Waals surface area contributed by atoms with E-state index in [4.69, 9.17) is 10.5 Å². The van der Waals surface area contributed by atoms with Gasteiger partial charge in [-0.05, 0) is 30.3 Å². The number of fused-ring (bicyclic) bond motifs is 1. The Morgan fingerprint density at radius 2 is 1.84 bits per heavy atom. The number of nitrogen functional groups attached to an aromatic ring is 1. The number of nitrogens with zero attached hydrogens (tertiary/aromatic N) is 1. The molecule has 0 radical (unpaired) electrons. The fourth-order valence-corrected chi connectivity index (χ4v) is 1.88. The molecule has 0 fully saturated rings. The molecule has 0 saturated heterocycles. The van der Waals surface area contributed by atoms with Crippen molar-refractivity contribution < 1.29 is 9.13 Å². The van der Waals surface area contributed by atoms with Crippen molar-refractivity contribution in [1.29, 1.82) is 0 Å². The van der Waals surface area contributed by atoms with Crippen LogP contribution in [0.3, 0.4) is 0 Å². The first-order valence-electron chi connectivity index (χ1n) is 5.81. The van der Waals surface area contributed by atoms with E-state index in [0.29, 0.717) is 11.4 Å². The Morgan fingerprint density at radius 3 is 2.68 bits per heavy atom. The Labute approximate surface area is 109 Å². The molecule has 0 atom stereocenters. The van der Waals surface area contributed by atoms with Crippen LogP contribution in [0, 0.1) is 5.82 Å². The van der Waals surface area contributed by atoms with Crippen molar-refractivity contribution >= 4 is 16.6 Å². The van der Waals surface area contributed by atoms with E-state index >= 15 is 0 Å². The normalized spacial score (nSPS) is 10.6. The second kappa shape index (κ2) is 4.57. The van der Waals surface area contributed by atoms with Crippen LogP contribution in [0.15, 0.2) is 54.7 Å². The van der Waals surface area contributed by atoms with Gasteiger partial charge in [0.2, 0.25) is 0 Å². The second-order valence-electron chi connectivity index (χ2n) is 4.12. The highest BCUT2D eigenvalue weighted by molar-refractivity contribution is 5.84. The van der Waals surface area contributed by atoms with Gasteiger partial charge in [-0.1, -0.05) is 12.1 Å². The highest BCUT2D eigenvalue weighted by Crippen LogP contribution is 2.30. The summed E-state index contributed by atoms with van der Waals surface area (Å²) in [5, 5.41) is 0.834. The van der Waals surface area contributed by atoms with Crippen LogP contribution >= 0.6 is 0 Å². The molecule has 0 aliphatic carbocycles. The van der Waals surface area contributed by atoms with Crippen molar-refractivity contribution in [2.24, 2.45) is 0 Å². The summed E-state index contributed by atoms with van der Waals surface area (Å²) in [6, 6.07) is 13.6. The predicted octanol–water partition coefficient (Wildman–Crippen LogP) is 3.75. The van der Waals surface area contributed by atoms with E-state index in [1.54, 1.807) is 18.3 Å². The Balaban J connectivity index is 2.06. The molecule has 1 heterocycles. The van der Waals surface area contributed by atoms with Gasteiger partial charge in [-0.2, -0.15) is 0 Å². The van der Waals surface area contributed by atoms with Gasteiger partial charge >= 0.3 is 0 Å². The van der Waals surface area contributed by atoms with Crippen LogP contribution in [-0.4, -0.2) is 4.98 Å². The first-order valence-corrected chi connectivity index (χ1v) is 5.81. The van der Waals surface area contributed by atoms with Gasteiger partial charge in [0.15, 0.2) is 11.6 Å². The first kappa shape index (κ1) is 11.5. The zero-order chi connectivity index (χ0) is 13.2. The number of rotatable bonds is 2. The number of benzene rings is 2. The predicted molar refractivity (Wildman–Crippen MR) is 72.6 cm³/mol. The van der Waals surface area contributed by atoms with Gasteiger partial charge in [-0.25, -0.2) is 4.39 Å². The number of hydrogen-bond acceptors (Lipinski definition) is 3. The van der Waals surface area contributed by atoms with Gasteiger partial charge in [0, 0.05) is 23.3 Å². The molecule has 94 valence electrons. The van der Waals surface area contributed by atoms with Crippen molar-refractivity contribution in [3.8, 4) is 11.5 Å². The molecular formula is C15H11FN2O. The van der Waals surface area contributed by atoms with Crippen LogP contribution in [-0.2, 0) is 0 Å². The summed E-state index contributed by atoms with van der Waals surface area (Å²) >= 11 is 0. The van der Waals surface area contributed by atoms with Crippen molar-refractivity contribution in [2.45, 2.75) is 0 Å². The number of aromatic nitrogens is 1. The number of anilines is 1. The van der Waals surface area contributed by atoms with Crippen molar-refractivity contribution in [3.63, 3.8) is 0 Å². The maximum absolute atomic E-state index is 13.7. The van der Waals surface area contributed by atoms with Crippen LogP contribution in [0.25, 0.3) is 10.9 Å². The van der Waals surface area contributed by atoms with Crippen molar-refractivity contribution in [3.05, 3.63) is 60.5 Å². The summed E-state index contributed by atoms with van der Waals surface area (Å²) in [7, 11) is 0. The van der Waals surface area contributed by atoms with Gasteiger partial charge in [0.05, 0.1) is 5.52 Å². The minimum absolute atomic E-state index is 0.144. The minimum Gasteiger partial charge on any atom is -0.454 e. The molecular weight excluding hydrogens is 243 g/mol. The molecule has 0 aliphatic heterocycles. The average molecular weight is 254 g/mol. The minimum atomic E-state index is -0.485. The maximum Gasteiger partial charge on any atom is 0.167 e. The lowest BCUT2D eigenvalue weighted by molar-refractivity contribution is 0.446. The Morgan fingerprint density at radius 1 is 1.00 bits per heavy atom. The van der Waals surface area contributed by atoms with Gasteiger partial charge in [-0.3, -0.25) is 4.98 Å². The van der Waals surface area contributed by atoms with Gasteiger partial charge in [-0.15, -0.1) is 0 Å². The quantitative estimate of drug-likeness (QED) is 0.708. The van der Waals surface area contributed by atoms with Gasteiger partial charge in [0.1, 0.15) is 5.75 Å². The molecule has 3 nitrogen and oxygen atoms in total. The summed E-state index contributed by atoms with van der Waals surface area (Å²) < 4.78 is 19.3. The Kier molecular flexibility index (Phi) is 2.76. The molecule has 0 amide bonds. The lowest BCUT2D eigenvalue weighted by Crippen LogP contribution is -1.92. The second-order valence-corrected chi connectivity index (χ2v) is 4.12. The van der Waals surface area contributed by atoms with Crippen molar-refractivity contribution in [2.75, 3.05) is 5.73 Å². The topological polar surface area (TPSA) is 48.1 Å². The largest absolute Gasteiger partial charge is 0.454 e. The molecule has 0 aliphatic rings. The summed E-state index contributed by atoms with van der Waals surface area (Å²) in [4.78, 5) is 4.23. The zero-order valence-electron chi connectivity index (χ0n) is 10.0. The number of nitrogens with two attached hydrogens (primary N) is 1. The Bertz CT molecular complexity index is 738. The van der Waals surface area contributed by atoms with Gasteiger partial charge in [0.25, 0.3) is 0 Å². The lowest BCUT2D eigenvalue weighted by atomic mass is 10.2. The van der Waals surface area contributed by atoms with E-state index in [0.717, 1.165) is 10.9 Å². The van der Waals surface area contributed by atoms with E-state index in [1.807, 2.05) is 24.3 Å². The molecule has 0 bridgehead atoms. The molecule has 2 N–H and O–H groups in total. The maximum atomic E-state index is 13.7. The van der Waals surface area contributed by atoms with E-state index in [-0.39, 0.29) is 5.75 Å². The van der Waals surface area contributed by atoms with E-state index in [1.165, 1.54) is 12.1 Å². The average Bonchev–Trinajstić information content (AvgIpc) is 2.42. The summed E-state index contributed by atoms with van der Waals surface area (Å²) in [5.41, 5.74) is 6.67. The number of pyridine rings is 1. The number of ether oxygens (including phenoxy) is 1. The highest BCUT2D eigenvalue weighted by atomic mass is 19.1. The number of hydrogen-bond donors (Lipinski definition) is 1. The summed E-state index contributed by atoms with van der Waals surface area (Å²) in [6.07, 6.45) is 1.63. The molecule has 0 unspecified atom stereocenters. The van der Waals surface area contributed by atoms with Gasteiger partial charge < -0.3 is 10.5 Å². The number of halogens is 1. The van der Waals surface area contributed by atoms with Crippen LogP contribution in [0.1, 0.15) is 0 Å². The standard InChI is InChI=1S/C15H11FN2O/c16-12-9-10(17)5-6-15(12)19-14-7-8-18-13-4-2-1-3-11(13)14/h1-9H,17H2. The van der Waals surface area contributed by atoms with Crippen LogP contribution in [0.4, 0.5) is 10.1 Å². The molecule has 3 rings (SSSR count). The van der Waals surface area contributed by atoms with Crippen LogP contribution in [0.5, 0.6) is 11.5 Å². The third-order valence-electron chi connectivity index (χ3n) is 2.78. The molecule has 4 heteroatoms. The summed E-state index contributed by atoms with van der Waals surface area (Å²) in [5.74, 6) is 0.223. The lowest BCUT2D eigenvalue weighted by Gasteiger charge is -2.09. The third kappa shape index (κ3) is 2.20. The smallest absolute Gasteiger partial charge is 0.167 e. The fourth-order valence-electron chi connectivity index (χ4n) is 1.88. The molecule has 0 saturated carbocycles. The monoisotopic (exact) mass is 254 g/mol. The number of para-hydroxylation sites is 1.